The first-order valence-electron chi connectivity index (χ1n) is 20.4. The van der Waals surface area contributed by atoms with Gasteiger partial charge in [0, 0.05) is 49.7 Å². The molecule has 1 atom stereocenters. The fourth-order valence-electron chi connectivity index (χ4n) is 7.52. The van der Waals surface area contributed by atoms with Gasteiger partial charge in [0.1, 0.15) is 27.9 Å². The first-order chi connectivity index (χ1) is 30.5. The number of fused-ring (bicyclic) bond motifs is 2. The zero-order valence-electron chi connectivity index (χ0n) is 34.7. The number of halogens is 7. The van der Waals surface area contributed by atoms with E-state index in [0.29, 0.717) is 52.1 Å². The second-order valence-electron chi connectivity index (χ2n) is 15.1. The molecule has 5 heterocycles. The lowest BCUT2D eigenvalue weighted by molar-refractivity contribution is -0.274. The van der Waals surface area contributed by atoms with Gasteiger partial charge in [0.15, 0.2) is 6.61 Å². The molecule has 0 bridgehead atoms. The Kier molecular flexibility index (Phi) is 15.6. The highest BCUT2D eigenvalue weighted by atomic mass is 35.5. The summed E-state index contributed by atoms with van der Waals surface area (Å²) in [7, 11) is -1.40. The number of hydrogen-bond donors (Lipinski definition) is 1. The molecule has 0 saturated carbocycles. The molecule has 8 rings (SSSR count). The Morgan fingerprint density at radius 2 is 1.63 bits per heavy atom. The van der Waals surface area contributed by atoms with Gasteiger partial charge in [0.25, 0.3) is 5.91 Å². The van der Waals surface area contributed by atoms with Crippen LogP contribution in [-0.2, 0) is 35.9 Å². The van der Waals surface area contributed by atoms with Crippen LogP contribution in [0.3, 0.4) is 0 Å². The predicted molar refractivity (Wildman–Crippen MR) is 241 cm³/mol. The number of benzene rings is 3. The van der Waals surface area contributed by atoms with Crippen LogP contribution in [0.4, 0.5) is 37.7 Å². The Bertz CT molecular complexity index is 2650. The Morgan fingerprint density at radius 1 is 0.923 bits per heavy atom. The molecule has 2 aliphatic heterocycles. The molecular formula is C47H47ClF6N6O4S. The van der Waals surface area contributed by atoms with Gasteiger partial charge in [-0.3, -0.25) is 18.4 Å². The summed E-state index contributed by atoms with van der Waals surface area (Å²) in [4.78, 5) is 28.4. The predicted octanol–water partition coefficient (Wildman–Crippen LogP) is 11.3. The van der Waals surface area contributed by atoms with Gasteiger partial charge in [-0.05, 0) is 97.3 Å². The van der Waals surface area contributed by atoms with Gasteiger partial charge in [-0.25, -0.2) is 9.98 Å². The number of alkyl halides is 6. The summed E-state index contributed by atoms with van der Waals surface area (Å²) in [5.41, 5.74) is 7.71. The van der Waals surface area contributed by atoms with E-state index in [1.165, 1.54) is 24.4 Å². The van der Waals surface area contributed by atoms with Crippen molar-refractivity contribution in [2.75, 3.05) is 24.6 Å². The number of aryl methyl sites for hydroxylation is 1. The molecular weight excluding hydrogens is 894 g/mol. The quantitative estimate of drug-likeness (QED) is 0.129. The molecule has 2 aliphatic rings. The zero-order chi connectivity index (χ0) is 45.6. The van der Waals surface area contributed by atoms with Crippen molar-refractivity contribution in [1.29, 1.82) is 0 Å². The molecule has 1 amide bonds. The molecule has 6 aromatic rings. The van der Waals surface area contributed by atoms with E-state index in [0.717, 1.165) is 59.7 Å². The smallest absolute Gasteiger partial charge is 0.484 e. The molecule has 0 spiro atoms. The van der Waals surface area contributed by atoms with E-state index in [-0.39, 0.29) is 36.5 Å². The number of pyridine rings is 2. The summed E-state index contributed by atoms with van der Waals surface area (Å²) in [5, 5.41) is 4.08. The summed E-state index contributed by atoms with van der Waals surface area (Å²) >= 11 is 6.14. The number of carbonyl (C=O) groups is 1. The van der Waals surface area contributed by atoms with Crippen molar-refractivity contribution in [1.82, 2.24) is 19.7 Å². The number of anilines is 1. The third-order valence-corrected chi connectivity index (χ3v) is 12.3. The van der Waals surface area contributed by atoms with Crippen molar-refractivity contribution in [2.24, 2.45) is 4.99 Å². The summed E-state index contributed by atoms with van der Waals surface area (Å²) in [5.74, 6) is 0.0654. The monoisotopic (exact) mass is 940 g/mol. The first kappa shape index (κ1) is 48.5. The number of piperidine rings is 1. The fraction of sp³-hybridized carbons (Fsp3) is 0.319. The van der Waals surface area contributed by atoms with Crippen LogP contribution in [-0.4, -0.2) is 61.8 Å². The number of rotatable bonds is 11. The van der Waals surface area contributed by atoms with E-state index in [9.17, 15) is 35.3 Å². The van der Waals surface area contributed by atoms with Gasteiger partial charge in [-0.15, -0.1) is 13.2 Å². The molecule has 1 N–H and O–H groups in total. The molecule has 3 aromatic carbocycles. The van der Waals surface area contributed by atoms with Gasteiger partial charge < -0.3 is 19.7 Å². The summed E-state index contributed by atoms with van der Waals surface area (Å²) in [6, 6.07) is 26.8. The van der Waals surface area contributed by atoms with E-state index in [1.54, 1.807) is 41.8 Å². The maximum Gasteiger partial charge on any atom is 0.573 e. The van der Waals surface area contributed by atoms with E-state index in [2.05, 4.69) is 42.0 Å². The van der Waals surface area contributed by atoms with Crippen molar-refractivity contribution in [3.05, 3.63) is 148 Å². The van der Waals surface area contributed by atoms with Crippen LogP contribution in [0.25, 0.3) is 5.65 Å². The third kappa shape index (κ3) is 12.7. The molecule has 344 valence electrons. The fourth-order valence-corrected chi connectivity index (χ4v) is 8.91. The molecule has 1 saturated heterocycles. The SMILES string of the molecule is C.CCc1nc2ccc(Cl)cn2c1C(=O)NCc1ccc(N2CCC(c3ccc(OC(F)(F)F)cc3)CC2)cc1.Cc1c(OCC(F)(F)F)ccnc1CS(=O)C1=Nc2ccccc2C1. The second kappa shape index (κ2) is 20.9. The van der Waals surface area contributed by atoms with Crippen LogP contribution < -0.4 is 19.7 Å². The van der Waals surface area contributed by atoms with Gasteiger partial charge in [-0.2, -0.15) is 13.2 Å². The molecule has 0 aliphatic carbocycles. The normalized spacial score (nSPS) is 14.4. The Hall–Kier alpha value is -5.94. The number of amides is 1. The van der Waals surface area contributed by atoms with Crippen LogP contribution in [0, 0.1) is 6.92 Å². The van der Waals surface area contributed by atoms with Gasteiger partial charge >= 0.3 is 12.5 Å². The average molecular weight is 941 g/mol. The van der Waals surface area contributed by atoms with E-state index in [1.807, 2.05) is 43.3 Å². The molecule has 65 heavy (non-hydrogen) atoms. The van der Waals surface area contributed by atoms with Crippen LogP contribution >= 0.6 is 11.6 Å². The number of aliphatic imine (C=N–C) groups is 1. The number of nitrogens with zero attached hydrogens (tertiary/aromatic N) is 5. The van der Waals surface area contributed by atoms with Crippen LogP contribution in [0.1, 0.15) is 77.2 Å². The third-order valence-electron chi connectivity index (χ3n) is 10.8. The highest BCUT2D eigenvalue weighted by Crippen LogP contribution is 2.33. The van der Waals surface area contributed by atoms with Gasteiger partial charge in [-0.1, -0.05) is 68.4 Å². The molecule has 18 heteroatoms. The highest BCUT2D eigenvalue weighted by molar-refractivity contribution is 8.00. The second-order valence-corrected chi connectivity index (χ2v) is 17.0. The largest absolute Gasteiger partial charge is 0.573 e. The highest BCUT2D eigenvalue weighted by Gasteiger charge is 2.32. The average Bonchev–Trinajstić information content (AvgIpc) is 3.88. The number of aromatic nitrogens is 3. The lowest BCUT2D eigenvalue weighted by Gasteiger charge is -2.34. The Labute approximate surface area is 380 Å². The zero-order valence-corrected chi connectivity index (χ0v) is 36.3. The van der Waals surface area contributed by atoms with Crippen LogP contribution in [0.15, 0.2) is 108 Å². The van der Waals surface area contributed by atoms with E-state index in [4.69, 9.17) is 16.3 Å². The standard InChI is InChI=1S/C29H28ClF3N4O2.C17H15F3N2O2S.CH4/c1-2-25-27(37-18-22(30)7-12-26(37)35-25)28(38)34-17-19-3-8-23(9-4-19)36-15-13-21(14-16-36)20-5-10-24(11-6-20)39-29(31,32)33;1-11-14(21-7-6-15(11)24-10-17(18,19)20)9-25(23)16-8-12-4-2-3-5-13(12)22-16;/h3-12,18,21H,2,13-17H2,1H3,(H,34,38);2-7H,8-10H2,1H3;1H4. The number of nitrogens with one attached hydrogen (secondary N) is 1. The van der Waals surface area contributed by atoms with Crippen molar-refractivity contribution in [3.8, 4) is 11.5 Å². The first-order valence-corrected chi connectivity index (χ1v) is 22.1. The number of para-hydroxylation sites is 1. The number of imidazole rings is 1. The van der Waals surface area contributed by atoms with Crippen LogP contribution in [0.5, 0.6) is 11.5 Å². The van der Waals surface area contributed by atoms with Gasteiger partial charge in [0.05, 0.1) is 38.7 Å². The minimum Gasteiger partial charge on any atom is -0.484 e. The van der Waals surface area contributed by atoms with Crippen LogP contribution in [0.2, 0.25) is 5.02 Å². The molecule has 0 radical (unpaired) electrons. The lowest BCUT2D eigenvalue weighted by Crippen LogP contribution is -2.32. The van der Waals surface area contributed by atoms with Gasteiger partial charge in [0.2, 0.25) is 0 Å². The maximum absolute atomic E-state index is 13.0. The van der Waals surface area contributed by atoms with E-state index >= 15 is 0 Å². The van der Waals surface area contributed by atoms with Crippen molar-refractivity contribution >= 4 is 50.4 Å². The molecule has 3 aromatic heterocycles. The van der Waals surface area contributed by atoms with E-state index < -0.39 is 29.9 Å². The molecule has 10 nitrogen and oxygen atoms in total. The Morgan fingerprint density at radius 3 is 2.29 bits per heavy atom. The number of ether oxygens (including phenoxy) is 2. The lowest BCUT2D eigenvalue weighted by atomic mass is 9.89. The summed E-state index contributed by atoms with van der Waals surface area (Å²) < 4.78 is 97.2. The Balaban J connectivity index is 0.000000233. The maximum atomic E-state index is 13.0. The number of hydrogen-bond acceptors (Lipinski definition) is 8. The minimum atomic E-state index is -4.68. The molecule has 1 unspecified atom stereocenters. The van der Waals surface area contributed by atoms with Crippen molar-refractivity contribution < 1.29 is 44.8 Å². The summed E-state index contributed by atoms with van der Waals surface area (Å²) in [6.07, 6.45) is -3.10. The molecule has 1 fully saturated rings. The number of carbonyl (C=O) groups excluding carboxylic acids is 1. The minimum absolute atomic E-state index is 0. The topological polar surface area (TPSA) is 110 Å². The summed E-state index contributed by atoms with van der Waals surface area (Å²) in [6.45, 7) is 4.27. The van der Waals surface area contributed by atoms with Crippen molar-refractivity contribution in [2.45, 2.75) is 77.7 Å². The van der Waals surface area contributed by atoms with Crippen molar-refractivity contribution in [3.63, 3.8) is 0 Å².